The smallest absolute Gasteiger partial charge is 0.168 e. The van der Waals surface area contributed by atoms with Gasteiger partial charge in [-0.15, -0.1) is 0 Å². The molecular formula is C27H38F2N2. The van der Waals surface area contributed by atoms with Gasteiger partial charge in [-0.1, -0.05) is 77.7 Å². The third-order valence-corrected chi connectivity index (χ3v) is 6.95. The van der Waals surface area contributed by atoms with Gasteiger partial charge in [0.25, 0.3) is 0 Å². The standard InChI is InChI=1S/C27H38F2N2/c1-3-5-7-8-20-10-12-21(13-11-20)14-15-22-16-18-24(27(29)26(22)28)25-19-17-23(30-31-25)9-6-4-2/h16-21H,3-15H2,1-2H3. The fourth-order valence-corrected chi connectivity index (χ4v) is 4.83. The van der Waals surface area contributed by atoms with E-state index >= 15 is 0 Å². The van der Waals surface area contributed by atoms with E-state index in [9.17, 15) is 8.78 Å². The molecule has 1 aliphatic carbocycles. The van der Waals surface area contributed by atoms with E-state index in [0.717, 1.165) is 37.3 Å². The van der Waals surface area contributed by atoms with E-state index in [4.69, 9.17) is 0 Å². The zero-order valence-electron chi connectivity index (χ0n) is 19.3. The van der Waals surface area contributed by atoms with Gasteiger partial charge in [0.2, 0.25) is 0 Å². The predicted octanol–water partition coefficient (Wildman–Crippen LogP) is 8.08. The van der Waals surface area contributed by atoms with Crippen molar-refractivity contribution in [1.82, 2.24) is 10.2 Å². The summed E-state index contributed by atoms with van der Waals surface area (Å²) in [5.74, 6) is 0.00665. The number of nitrogens with zero attached hydrogens (tertiary/aromatic N) is 2. The number of hydrogen-bond acceptors (Lipinski definition) is 2. The summed E-state index contributed by atoms with van der Waals surface area (Å²) in [5, 5.41) is 8.30. The predicted molar refractivity (Wildman–Crippen MR) is 124 cm³/mol. The SMILES string of the molecule is CCCCCC1CCC(CCc2ccc(-c3ccc(CCCC)nn3)c(F)c2F)CC1. The quantitative estimate of drug-likeness (QED) is 0.338. The van der Waals surface area contributed by atoms with Gasteiger partial charge in [-0.05, 0) is 61.3 Å². The average Bonchev–Trinajstić information content (AvgIpc) is 2.80. The second kappa shape index (κ2) is 12.3. The molecule has 1 aromatic heterocycles. The monoisotopic (exact) mass is 428 g/mol. The molecule has 0 spiro atoms. The minimum atomic E-state index is -0.798. The molecule has 2 aromatic rings. The summed E-state index contributed by atoms with van der Waals surface area (Å²) >= 11 is 0. The van der Waals surface area contributed by atoms with Crippen molar-refractivity contribution in [2.24, 2.45) is 11.8 Å². The second-order valence-electron chi connectivity index (χ2n) is 9.33. The molecule has 0 radical (unpaired) electrons. The Balaban J connectivity index is 1.54. The van der Waals surface area contributed by atoms with E-state index in [0.29, 0.717) is 23.6 Å². The van der Waals surface area contributed by atoms with Gasteiger partial charge in [0, 0.05) is 5.56 Å². The molecule has 1 fully saturated rings. The first-order valence-electron chi connectivity index (χ1n) is 12.4. The third-order valence-electron chi connectivity index (χ3n) is 6.95. The fourth-order valence-electron chi connectivity index (χ4n) is 4.83. The molecule has 0 unspecified atom stereocenters. The van der Waals surface area contributed by atoms with Crippen LogP contribution in [0.1, 0.15) is 95.7 Å². The normalized spacial score (nSPS) is 19.0. The molecule has 31 heavy (non-hydrogen) atoms. The summed E-state index contributed by atoms with van der Waals surface area (Å²) in [6, 6.07) is 7.00. The van der Waals surface area contributed by atoms with Gasteiger partial charge >= 0.3 is 0 Å². The zero-order valence-corrected chi connectivity index (χ0v) is 19.3. The second-order valence-corrected chi connectivity index (χ2v) is 9.33. The van der Waals surface area contributed by atoms with Crippen molar-refractivity contribution >= 4 is 0 Å². The molecular weight excluding hydrogens is 390 g/mol. The Morgan fingerprint density at radius 3 is 2.10 bits per heavy atom. The van der Waals surface area contributed by atoms with Crippen LogP contribution < -0.4 is 0 Å². The topological polar surface area (TPSA) is 25.8 Å². The van der Waals surface area contributed by atoms with E-state index in [2.05, 4.69) is 24.0 Å². The number of halogens is 2. The lowest BCUT2D eigenvalue weighted by molar-refractivity contribution is 0.248. The van der Waals surface area contributed by atoms with Crippen molar-refractivity contribution in [2.45, 2.75) is 97.3 Å². The Kier molecular flexibility index (Phi) is 9.42. The highest BCUT2D eigenvalue weighted by Gasteiger charge is 2.22. The highest BCUT2D eigenvalue weighted by molar-refractivity contribution is 5.60. The van der Waals surface area contributed by atoms with E-state index in [1.807, 2.05) is 6.07 Å². The van der Waals surface area contributed by atoms with Crippen LogP contribution in [0.25, 0.3) is 11.3 Å². The number of hydrogen-bond donors (Lipinski definition) is 0. The lowest BCUT2D eigenvalue weighted by Gasteiger charge is -2.28. The first-order valence-corrected chi connectivity index (χ1v) is 12.4. The Morgan fingerprint density at radius 2 is 1.45 bits per heavy atom. The summed E-state index contributed by atoms with van der Waals surface area (Å²) < 4.78 is 29.5. The summed E-state index contributed by atoms with van der Waals surface area (Å²) in [6.07, 6.45) is 15.0. The molecule has 1 aromatic carbocycles. The van der Waals surface area contributed by atoms with Crippen LogP contribution in [0.2, 0.25) is 0 Å². The zero-order chi connectivity index (χ0) is 22.1. The Labute approximate surface area is 186 Å². The highest BCUT2D eigenvalue weighted by Crippen LogP contribution is 2.35. The van der Waals surface area contributed by atoms with Gasteiger partial charge in [0.05, 0.1) is 11.4 Å². The van der Waals surface area contributed by atoms with Crippen LogP contribution in [-0.4, -0.2) is 10.2 Å². The maximum Gasteiger partial charge on any atom is 0.168 e. The minimum absolute atomic E-state index is 0.198. The van der Waals surface area contributed by atoms with Gasteiger partial charge in [-0.25, -0.2) is 8.78 Å². The van der Waals surface area contributed by atoms with Crippen molar-refractivity contribution in [3.8, 4) is 11.3 Å². The molecule has 0 aliphatic heterocycles. The third kappa shape index (κ3) is 6.82. The van der Waals surface area contributed by atoms with Crippen molar-refractivity contribution in [3.05, 3.63) is 47.2 Å². The number of rotatable bonds is 11. The number of aryl methyl sites for hydroxylation is 2. The summed E-state index contributed by atoms with van der Waals surface area (Å²) in [5.41, 5.74) is 1.97. The van der Waals surface area contributed by atoms with Crippen LogP contribution in [-0.2, 0) is 12.8 Å². The van der Waals surface area contributed by atoms with Crippen LogP contribution in [0, 0.1) is 23.5 Å². The molecule has 0 N–H and O–H groups in total. The minimum Gasteiger partial charge on any atom is -0.203 e. The van der Waals surface area contributed by atoms with Crippen molar-refractivity contribution in [2.75, 3.05) is 0 Å². The Hall–Kier alpha value is -1.84. The Morgan fingerprint density at radius 1 is 0.742 bits per heavy atom. The average molecular weight is 429 g/mol. The van der Waals surface area contributed by atoms with Crippen LogP contribution >= 0.6 is 0 Å². The highest BCUT2D eigenvalue weighted by atomic mass is 19.2. The van der Waals surface area contributed by atoms with Crippen LogP contribution in [0.5, 0.6) is 0 Å². The molecule has 4 heteroatoms. The Bertz CT molecular complexity index is 796. The molecule has 1 saturated carbocycles. The fraction of sp³-hybridized carbons (Fsp3) is 0.630. The van der Waals surface area contributed by atoms with Crippen LogP contribution in [0.15, 0.2) is 24.3 Å². The molecule has 0 amide bonds. The van der Waals surface area contributed by atoms with Crippen LogP contribution in [0.3, 0.4) is 0 Å². The van der Waals surface area contributed by atoms with Crippen LogP contribution in [0.4, 0.5) is 8.78 Å². The molecule has 0 saturated heterocycles. The molecule has 1 aliphatic rings. The first kappa shape index (κ1) is 23.8. The first-order chi connectivity index (χ1) is 15.1. The lowest BCUT2D eigenvalue weighted by atomic mass is 9.77. The maximum atomic E-state index is 14.8. The molecule has 170 valence electrons. The summed E-state index contributed by atoms with van der Waals surface area (Å²) in [4.78, 5) is 0. The van der Waals surface area contributed by atoms with E-state index < -0.39 is 11.6 Å². The van der Waals surface area contributed by atoms with Gasteiger partial charge in [0.15, 0.2) is 11.6 Å². The molecule has 1 heterocycles. The number of aromatic nitrogens is 2. The lowest BCUT2D eigenvalue weighted by Crippen LogP contribution is -2.15. The van der Waals surface area contributed by atoms with Crippen molar-refractivity contribution in [3.63, 3.8) is 0 Å². The van der Waals surface area contributed by atoms with Gasteiger partial charge in [0.1, 0.15) is 0 Å². The molecule has 0 bridgehead atoms. The summed E-state index contributed by atoms with van der Waals surface area (Å²) in [7, 11) is 0. The number of unbranched alkanes of at least 4 members (excludes halogenated alkanes) is 3. The van der Waals surface area contributed by atoms with Crippen molar-refractivity contribution in [1.29, 1.82) is 0 Å². The number of benzene rings is 1. The van der Waals surface area contributed by atoms with E-state index in [1.54, 1.807) is 18.2 Å². The van der Waals surface area contributed by atoms with Gasteiger partial charge in [-0.2, -0.15) is 10.2 Å². The molecule has 0 atom stereocenters. The largest absolute Gasteiger partial charge is 0.203 e. The van der Waals surface area contributed by atoms with Gasteiger partial charge in [-0.3, -0.25) is 0 Å². The van der Waals surface area contributed by atoms with E-state index in [1.165, 1.54) is 51.4 Å². The molecule has 2 nitrogen and oxygen atoms in total. The summed E-state index contributed by atoms with van der Waals surface area (Å²) in [6.45, 7) is 4.38. The van der Waals surface area contributed by atoms with E-state index in [-0.39, 0.29) is 5.56 Å². The maximum absolute atomic E-state index is 14.8. The molecule has 3 rings (SSSR count). The van der Waals surface area contributed by atoms with Crippen molar-refractivity contribution < 1.29 is 8.78 Å². The van der Waals surface area contributed by atoms with Gasteiger partial charge < -0.3 is 0 Å².